The summed E-state index contributed by atoms with van der Waals surface area (Å²) in [5.74, 6) is 0. The molecule has 0 bridgehead atoms. The number of hydrogen-bond donors (Lipinski definition) is 0. The predicted octanol–water partition coefficient (Wildman–Crippen LogP) is 3.50. The van der Waals surface area contributed by atoms with Gasteiger partial charge in [0.25, 0.3) is 4.46 Å². The summed E-state index contributed by atoms with van der Waals surface area (Å²) in [6.45, 7) is 3.26. The molecule has 1 rings (SSSR count). The Hall–Kier alpha value is 0.0500. The highest BCUT2D eigenvalue weighted by Crippen LogP contribution is 2.41. The second-order valence-electron chi connectivity index (χ2n) is 6.79. The fourth-order valence-corrected chi connectivity index (χ4v) is 3.19. The van der Waals surface area contributed by atoms with Crippen LogP contribution in [0.2, 0.25) is 0 Å². The first-order valence-electron chi connectivity index (χ1n) is 8.68. The van der Waals surface area contributed by atoms with Crippen LogP contribution in [0.25, 0.3) is 0 Å². The molecule has 0 aromatic heterocycles. The summed E-state index contributed by atoms with van der Waals surface area (Å²) in [5.41, 5.74) is 0.975. The van der Waals surface area contributed by atoms with E-state index in [-0.39, 0.29) is 12.4 Å². The first kappa shape index (κ1) is 23.1. The molecule has 134 valence electrons. The van der Waals surface area contributed by atoms with Gasteiger partial charge in [-0.2, -0.15) is 0 Å². The van der Waals surface area contributed by atoms with E-state index in [0.29, 0.717) is 4.48 Å². The Kier molecular flexibility index (Phi) is 11.6. The van der Waals surface area contributed by atoms with E-state index >= 15 is 0 Å². The van der Waals surface area contributed by atoms with Crippen LogP contribution < -0.4 is 12.4 Å². The Balaban J connectivity index is 0.00000484. The molecule has 4 heteroatoms. The molecule has 0 saturated heterocycles. The van der Waals surface area contributed by atoms with Crippen LogP contribution in [0.4, 0.5) is 0 Å². The van der Waals surface area contributed by atoms with Crippen LogP contribution >= 0.6 is 23.2 Å². The molecule has 0 atom stereocenters. The molecule has 0 aliphatic carbocycles. The Labute approximate surface area is 159 Å². The highest BCUT2D eigenvalue weighted by molar-refractivity contribution is 6.46. The molecule has 0 fully saturated rings. The summed E-state index contributed by atoms with van der Waals surface area (Å²) in [4.78, 5) is 0. The molecule has 23 heavy (non-hydrogen) atoms. The highest BCUT2D eigenvalue weighted by atomic mass is 35.5. The first-order valence-corrected chi connectivity index (χ1v) is 9.44. The highest BCUT2D eigenvalue weighted by Gasteiger charge is 2.43. The number of alkyl halides is 2. The maximum absolute atomic E-state index is 6.69. The van der Waals surface area contributed by atoms with Crippen LogP contribution in [0.5, 0.6) is 0 Å². The lowest BCUT2D eigenvalue weighted by atomic mass is 10.1. The van der Waals surface area contributed by atoms with Crippen LogP contribution in [0.15, 0.2) is 30.3 Å². The third-order valence-electron chi connectivity index (χ3n) is 4.45. The molecule has 0 amide bonds. The van der Waals surface area contributed by atoms with E-state index in [0.717, 1.165) is 12.1 Å². The van der Waals surface area contributed by atoms with Gasteiger partial charge in [0.15, 0.2) is 0 Å². The van der Waals surface area contributed by atoms with Gasteiger partial charge in [0.2, 0.25) is 0 Å². The molecular formula is C19H32Cl3N. The van der Waals surface area contributed by atoms with Gasteiger partial charge in [-0.05, 0) is 48.2 Å². The van der Waals surface area contributed by atoms with Gasteiger partial charge in [0.05, 0.1) is 20.6 Å². The summed E-state index contributed by atoms with van der Waals surface area (Å²) < 4.78 is -0.293. The molecule has 0 unspecified atom stereocenters. The van der Waals surface area contributed by atoms with Crippen molar-refractivity contribution < 1.29 is 16.9 Å². The van der Waals surface area contributed by atoms with E-state index in [9.17, 15) is 0 Å². The lowest BCUT2D eigenvalue weighted by Crippen LogP contribution is -3.00. The van der Waals surface area contributed by atoms with Gasteiger partial charge in [0.1, 0.15) is 0 Å². The maximum Gasteiger partial charge on any atom is 0.277 e. The van der Waals surface area contributed by atoms with E-state index in [1.54, 1.807) is 0 Å². The monoisotopic (exact) mass is 379 g/mol. The average molecular weight is 381 g/mol. The van der Waals surface area contributed by atoms with Crippen molar-refractivity contribution >= 4 is 23.2 Å². The van der Waals surface area contributed by atoms with Crippen molar-refractivity contribution in [3.05, 3.63) is 35.9 Å². The van der Waals surface area contributed by atoms with Crippen molar-refractivity contribution in [2.45, 2.75) is 62.7 Å². The van der Waals surface area contributed by atoms with E-state index in [4.69, 9.17) is 23.2 Å². The zero-order valence-electron chi connectivity index (χ0n) is 14.8. The predicted molar refractivity (Wildman–Crippen MR) is 99.4 cm³/mol. The topological polar surface area (TPSA) is 0 Å². The Morgan fingerprint density at radius 2 is 1.30 bits per heavy atom. The molecule has 0 N–H and O–H groups in total. The minimum atomic E-state index is -0.887. The van der Waals surface area contributed by atoms with Crippen molar-refractivity contribution in [3.8, 4) is 0 Å². The van der Waals surface area contributed by atoms with Crippen LogP contribution in [0, 0.1) is 0 Å². The quantitative estimate of drug-likeness (QED) is 0.238. The van der Waals surface area contributed by atoms with Crippen LogP contribution in [0.1, 0.15) is 63.9 Å². The van der Waals surface area contributed by atoms with Crippen molar-refractivity contribution in [2.24, 2.45) is 0 Å². The van der Waals surface area contributed by atoms with E-state index in [1.807, 2.05) is 30.3 Å². The van der Waals surface area contributed by atoms with E-state index in [2.05, 4.69) is 21.0 Å². The molecule has 0 spiro atoms. The van der Waals surface area contributed by atoms with E-state index < -0.39 is 4.46 Å². The maximum atomic E-state index is 6.69. The second-order valence-corrected chi connectivity index (χ2v) is 8.08. The summed E-state index contributed by atoms with van der Waals surface area (Å²) >= 11 is 13.4. The summed E-state index contributed by atoms with van der Waals surface area (Å²) in [5, 5.41) is 0. The lowest BCUT2D eigenvalue weighted by Gasteiger charge is -2.40. The standard InChI is InChI=1S/C19H32Cl2N.ClH/c1-4-5-6-7-8-9-10-14-17-22(2,3)19(20,21)18-15-12-11-13-16-18;/h11-13,15-16H,4-10,14,17H2,1-3H3;1H/q+1;/p-1. The second kappa shape index (κ2) is 11.6. The van der Waals surface area contributed by atoms with Crippen molar-refractivity contribution in [2.75, 3.05) is 20.6 Å². The third kappa shape index (κ3) is 7.65. The summed E-state index contributed by atoms with van der Waals surface area (Å²) in [7, 11) is 4.24. The number of quaternary nitrogens is 1. The molecule has 0 heterocycles. The minimum Gasteiger partial charge on any atom is -1.00 e. The fraction of sp³-hybridized carbons (Fsp3) is 0.684. The number of nitrogens with zero attached hydrogens (tertiary/aromatic N) is 1. The Morgan fingerprint density at radius 1 is 0.826 bits per heavy atom. The summed E-state index contributed by atoms with van der Waals surface area (Å²) in [6, 6.07) is 9.99. The number of benzene rings is 1. The van der Waals surface area contributed by atoms with Crippen molar-refractivity contribution in [3.63, 3.8) is 0 Å². The van der Waals surface area contributed by atoms with Gasteiger partial charge < -0.3 is 12.4 Å². The zero-order valence-corrected chi connectivity index (χ0v) is 17.1. The van der Waals surface area contributed by atoms with Crippen LogP contribution in [0.3, 0.4) is 0 Å². The molecule has 0 saturated carbocycles. The largest absolute Gasteiger partial charge is 1.00 e. The number of unbranched alkanes of at least 4 members (excludes halogenated alkanes) is 7. The molecule has 1 aromatic rings. The van der Waals surface area contributed by atoms with Gasteiger partial charge in [-0.1, -0.05) is 63.6 Å². The van der Waals surface area contributed by atoms with Gasteiger partial charge in [-0.15, -0.1) is 0 Å². The minimum absolute atomic E-state index is 0. The Bertz CT molecular complexity index is 404. The molecule has 0 aliphatic rings. The van der Waals surface area contributed by atoms with Gasteiger partial charge in [0, 0.05) is 5.56 Å². The zero-order chi connectivity index (χ0) is 16.5. The van der Waals surface area contributed by atoms with Crippen molar-refractivity contribution in [1.82, 2.24) is 0 Å². The van der Waals surface area contributed by atoms with Crippen LogP contribution in [-0.4, -0.2) is 25.1 Å². The van der Waals surface area contributed by atoms with Gasteiger partial charge >= 0.3 is 0 Å². The third-order valence-corrected chi connectivity index (χ3v) is 5.80. The van der Waals surface area contributed by atoms with E-state index in [1.165, 1.54) is 51.4 Å². The number of rotatable bonds is 11. The molecule has 0 aliphatic heterocycles. The SMILES string of the molecule is CCCCCCCCCC[N+](C)(C)C(Cl)(Cl)c1ccccc1.[Cl-]. The molecule has 0 radical (unpaired) electrons. The molecule has 1 aromatic carbocycles. The average Bonchev–Trinajstić information content (AvgIpc) is 2.50. The summed E-state index contributed by atoms with van der Waals surface area (Å²) in [6.07, 6.45) is 10.6. The normalized spacial score (nSPS) is 12.0. The van der Waals surface area contributed by atoms with Crippen molar-refractivity contribution in [1.29, 1.82) is 0 Å². The number of halogens is 3. The lowest BCUT2D eigenvalue weighted by molar-refractivity contribution is -0.920. The van der Waals surface area contributed by atoms with Gasteiger partial charge in [-0.3, -0.25) is 4.48 Å². The Morgan fingerprint density at radius 3 is 1.83 bits per heavy atom. The fourth-order valence-electron chi connectivity index (χ4n) is 2.77. The molecule has 1 nitrogen and oxygen atoms in total. The number of hydrogen-bond acceptors (Lipinski definition) is 0. The first-order chi connectivity index (χ1) is 10.4. The van der Waals surface area contributed by atoms with Crippen LogP contribution in [-0.2, 0) is 4.46 Å². The smallest absolute Gasteiger partial charge is 0.277 e. The molecular weight excluding hydrogens is 349 g/mol. The van der Waals surface area contributed by atoms with Gasteiger partial charge in [-0.25, -0.2) is 0 Å².